The van der Waals surface area contributed by atoms with Crippen LogP contribution in [-0.2, 0) is 0 Å². The molecule has 2 N–H and O–H groups in total. The van der Waals surface area contributed by atoms with Crippen molar-refractivity contribution in [1.29, 1.82) is 0 Å². The van der Waals surface area contributed by atoms with E-state index >= 15 is 0 Å². The van der Waals surface area contributed by atoms with Gasteiger partial charge in [-0.15, -0.1) is 0 Å². The molecule has 2 rings (SSSR count). The summed E-state index contributed by atoms with van der Waals surface area (Å²) in [6, 6.07) is 7.42. The molecule has 0 fully saturated rings. The number of carboxylic acids is 1. The van der Waals surface area contributed by atoms with Gasteiger partial charge in [0.05, 0.1) is 6.10 Å². The van der Waals surface area contributed by atoms with Crippen LogP contribution in [-0.4, -0.2) is 22.2 Å². The van der Waals surface area contributed by atoms with Crippen molar-refractivity contribution in [3.63, 3.8) is 0 Å². The van der Waals surface area contributed by atoms with Crippen LogP contribution >= 0.6 is 15.9 Å². The first-order chi connectivity index (χ1) is 11.8. The second kappa shape index (κ2) is 8.34. The summed E-state index contributed by atoms with van der Waals surface area (Å²) in [7, 11) is 0. The van der Waals surface area contributed by atoms with Crippen molar-refractivity contribution in [2.75, 3.05) is 5.32 Å². The van der Waals surface area contributed by atoms with Crippen LogP contribution in [0.5, 0.6) is 5.75 Å². The minimum atomic E-state index is -1.06. The van der Waals surface area contributed by atoms with Gasteiger partial charge in [-0.2, -0.15) is 0 Å². The average Bonchev–Trinajstić information content (AvgIpc) is 2.54. The van der Waals surface area contributed by atoms with E-state index in [0.717, 1.165) is 28.6 Å². The number of ether oxygens (including phenoxy) is 1. The van der Waals surface area contributed by atoms with Gasteiger partial charge in [0.25, 0.3) is 0 Å². The second-order valence-electron chi connectivity index (χ2n) is 5.93. The van der Waals surface area contributed by atoms with Gasteiger partial charge in [-0.3, -0.25) is 0 Å². The van der Waals surface area contributed by atoms with E-state index in [-0.39, 0.29) is 11.7 Å². The Bertz CT molecular complexity index is 774. The zero-order valence-corrected chi connectivity index (χ0v) is 16.5. The molecule has 1 aromatic carbocycles. The molecule has 0 saturated carbocycles. The van der Waals surface area contributed by atoms with E-state index in [1.165, 1.54) is 0 Å². The quantitative estimate of drug-likeness (QED) is 0.637. The lowest BCUT2D eigenvalue weighted by Crippen LogP contribution is -2.17. The van der Waals surface area contributed by atoms with Crippen LogP contribution < -0.4 is 10.1 Å². The van der Waals surface area contributed by atoms with E-state index < -0.39 is 5.97 Å². The van der Waals surface area contributed by atoms with Crippen LogP contribution in [0.4, 0.5) is 11.5 Å². The van der Waals surface area contributed by atoms with Gasteiger partial charge in [0.1, 0.15) is 17.1 Å². The molecule has 0 spiro atoms. The zero-order chi connectivity index (χ0) is 18.6. The Balaban J connectivity index is 2.49. The molecule has 1 heterocycles. The lowest BCUT2D eigenvalue weighted by Gasteiger charge is -2.20. The van der Waals surface area contributed by atoms with Crippen molar-refractivity contribution in [2.45, 2.75) is 46.6 Å². The molecular formula is C19H23BrN2O3. The lowest BCUT2D eigenvalue weighted by atomic mass is 10.1. The normalized spacial score (nSPS) is 10.8. The summed E-state index contributed by atoms with van der Waals surface area (Å²) in [6.07, 6.45) is 1.60. The van der Waals surface area contributed by atoms with Crippen LogP contribution in [0.2, 0.25) is 0 Å². The highest BCUT2D eigenvalue weighted by atomic mass is 79.9. The Hall–Kier alpha value is -2.08. The molecule has 5 nitrogen and oxygen atoms in total. The fourth-order valence-corrected chi connectivity index (χ4v) is 3.04. The number of rotatable bonds is 7. The zero-order valence-electron chi connectivity index (χ0n) is 14.9. The maximum Gasteiger partial charge on any atom is 0.343 e. The molecule has 0 radical (unpaired) electrons. The van der Waals surface area contributed by atoms with E-state index in [0.29, 0.717) is 17.3 Å². The number of nitrogens with zero attached hydrogens (tertiary/aromatic N) is 1. The number of aromatic nitrogens is 1. The molecule has 25 heavy (non-hydrogen) atoms. The third-order valence-electron chi connectivity index (χ3n) is 3.97. The lowest BCUT2D eigenvalue weighted by molar-refractivity contribution is 0.0689. The summed E-state index contributed by atoms with van der Waals surface area (Å²) in [4.78, 5) is 16.3. The smallest absolute Gasteiger partial charge is 0.343 e. The average molecular weight is 407 g/mol. The molecule has 0 atom stereocenters. The third-order valence-corrected chi connectivity index (χ3v) is 4.46. The summed E-state index contributed by atoms with van der Waals surface area (Å²) in [5.74, 6) is -0.421. The number of carboxylic acid groups (broad SMARTS) is 1. The largest absolute Gasteiger partial charge is 0.489 e. The van der Waals surface area contributed by atoms with E-state index in [2.05, 4.69) is 26.2 Å². The number of halogens is 1. The summed E-state index contributed by atoms with van der Waals surface area (Å²) in [5, 5.41) is 12.9. The highest BCUT2D eigenvalue weighted by molar-refractivity contribution is 9.10. The first-order valence-corrected chi connectivity index (χ1v) is 9.09. The topological polar surface area (TPSA) is 71.5 Å². The molecule has 0 amide bonds. The summed E-state index contributed by atoms with van der Waals surface area (Å²) < 4.78 is 6.91. The van der Waals surface area contributed by atoms with Gasteiger partial charge in [-0.25, -0.2) is 9.78 Å². The number of nitrogens with one attached hydrogen (secondary N) is 1. The molecule has 2 aromatic rings. The first-order valence-electron chi connectivity index (χ1n) is 8.30. The van der Waals surface area contributed by atoms with Gasteiger partial charge in [-0.1, -0.05) is 29.8 Å². The highest BCUT2D eigenvalue weighted by Gasteiger charge is 2.22. The Labute approximate surface area is 156 Å². The molecular weight excluding hydrogens is 384 g/mol. The number of carbonyl (C=O) groups is 1. The molecule has 0 aliphatic rings. The maximum atomic E-state index is 11.9. The molecule has 0 unspecified atom stereocenters. The minimum absolute atomic E-state index is 0.0258. The fourth-order valence-electron chi connectivity index (χ4n) is 2.56. The Kier molecular flexibility index (Phi) is 6.42. The monoisotopic (exact) mass is 406 g/mol. The standard InChI is InChI=1S/C19H23BrN2O3/c1-5-14(6-2)25-16-10-12(4)21-18(17(16)19(23)24)22-15-8-7-13(20)9-11(15)3/h7-10,14H,5-6H2,1-4H3,(H,21,22)(H,23,24). The van der Waals surface area contributed by atoms with Gasteiger partial charge >= 0.3 is 5.97 Å². The number of benzene rings is 1. The molecule has 6 heteroatoms. The summed E-state index contributed by atoms with van der Waals surface area (Å²) >= 11 is 3.43. The molecule has 134 valence electrons. The van der Waals surface area contributed by atoms with Gasteiger partial charge in [0.2, 0.25) is 0 Å². The number of anilines is 2. The summed E-state index contributed by atoms with van der Waals surface area (Å²) in [5.41, 5.74) is 2.54. The molecule has 0 aliphatic heterocycles. The van der Waals surface area contributed by atoms with Crippen LogP contribution in [0.25, 0.3) is 0 Å². The van der Waals surface area contributed by atoms with Crippen LogP contribution in [0, 0.1) is 13.8 Å². The van der Waals surface area contributed by atoms with Gasteiger partial charge < -0.3 is 15.2 Å². The fraction of sp³-hybridized carbons (Fsp3) is 0.368. The SMILES string of the molecule is CCC(CC)Oc1cc(C)nc(Nc2ccc(Br)cc2C)c1C(=O)O. The second-order valence-corrected chi connectivity index (χ2v) is 6.85. The van der Waals surface area contributed by atoms with Crippen LogP contribution in [0.1, 0.15) is 48.3 Å². The predicted octanol–water partition coefficient (Wildman–Crippen LogP) is 5.47. The van der Waals surface area contributed by atoms with Crippen molar-refractivity contribution < 1.29 is 14.6 Å². The van der Waals surface area contributed by atoms with Crippen molar-refractivity contribution in [2.24, 2.45) is 0 Å². The van der Waals surface area contributed by atoms with Crippen LogP contribution in [0.15, 0.2) is 28.7 Å². The van der Waals surface area contributed by atoms with E-state index in [1.807, 2.05) is 45.9 Å². The van der Waals surface area contributed by atoms with E-state index in [4.69, 9.17) is 4.74 Å². The Morgan fingerprint density at radius 3 is 2.52 bits per heavy atom. The highest BCUT2D eigenvalue weighted by Crippen LogP contribution is 2.31. The minimum Gasteiger partial charge on any atom is -0.489 e. The molecule has 0 bridgehead atoms. The molecule has 1 aromatic heterocycles. The van der Waals surface area contributed by atoms with Crippen LogP contribution in [0.3, 0.4) is 0 Å². The van der Waals surface area contributed by atoms with Crippen molar-refractivity contribution >= 4 is 33.4 Å². The van der Waals surface area contributed by atoms with Crippen molar-refractivity contribution in [3.05, 3.63) is 45.6 Å². The molecule has 0 saturated heterocycles. The molecule has 0 aliphatic carbocycles. The van der Waals surface area contributed by atoms with Gasteiger partial charge in [0, 0.05) is 21.9 Å². The van der Waals surface area contributed by atoms with Gasteiger partial charge in [0.15, 0.2) is 0 Å². The first kappa shape index (κ1) is 19.2. The number of aryl methyl sites for hydroxylation is 2. The number of pyridine rings is 1. The van der Waals surface area contributed by atoms with E-state index in [9.17, 15) is 9.90 Å². The predicted molar refractivity (Wildman–Crippen MR) is 103 cm³/mol. The Morgan fingerprint density at radius 2 is 1.96 bits per heavy atom. The van der Waals surface area contributed by atoms with E-state index in [1.54, 1.807) is 6.07 Å². The third kappa shape index (κ3) is 4.72. The summed E-state index contributed by atoms with van der Waals surface area (Å²) in [6.45, 7) is 7.82. The number of aromatic carboxylic acids is 1. The Morgan fingerprint density at radius 1 is 1.28 bits per heavy atom. The maximum absolute atomic E-state index is 11.9. The number of hydrogen-bond acceptors (Lipinski definition) is 4. The van der Waals surface area contributed by atoms with Crippen molar-refractivity contribution in [3.8, 4) is 5.75 Å². The number of hydrogen-bond donors (Lipinski definition) is 2. The van der Waals surface area contributed by atoms with Gasteiger partial charge in [-0.05, 0) is 50.5 Å². The van der Waals surface area contributed by atoms with Crippen molar-refractivity contribution in [1.82, 2.24) is 4.98 Å².